The molecule has 1 heterocycles. The SMILES string of the molecule is CC(CN)CCC(=O)N(C)C1CCSC1. The van der Waals surface area contributed by atoms with Crippen LogP contribution >= 0.6 is 11.8 Å². The lowest BCUT2D eigenvalue weighted by Crippen LogP contribution is -2.37. The maximum Gasteiger partial charge on any atom is 0.222 e. The van der Waals surface area contributed by atoms with Gasteiger partial charge in [0.1, 0.15) is 0 Å². The van der Waals surface area contributed by atoms with Crippen molar-refractivity contribution >= 4 is 17.7 Å². The first-order valence-electron chi connectivity index (χ1n) is 5.68. The average Bonchev–Trinajstić information content (AvgIpc) is 2.77. The highest BCUT2D eigenvalue weighted by Crippen LogP contribution is 2.22. The summed E-state index contributed by atoms with van der Waals surface area (Å²) in [4.78, 5) is 13.8. The van der Waals surface area contributed by atoms with E-state index in [1.165, 1.54) is 5.75 Å². The summed E-state index contributed by atoms with van der Waals surface area (Å²) in [6, 6.07) is 0.468. The van der Waals surface area contributed by atoms with Gasteiger partial charge in [0.25, 0.3) is 0 Å². The van der Waals surface area contributed by atoms with Crippen molar-refractivity contribution in [2.75, 3.05) is 25.1 Å². The van der Waals surface area contributed by atoms with Crippen molar-refractivity contribution in [3.05, 3.63) is 0 Å². The fourth-order valence-electron chi connectivity index (χ4n) is 1.70. The zero-order valence-electron chi connectivity index (χ0n) is 9.74. The van der Waals surface area contributed by atoms with E-state index in [2.05, 4.69) is 6.92 Å². The van der Waals surface area contributed by atoms with Crippen LogP contribution in [-0.2, 0) is 4.79 Å². The summed E-state index contributed by atoms with van der Waals surface area (Å²) in [5, 5.41) is 0. The first-order chi connectivity index (χ1) is 7.15. The number of carbonyl (C=O) groups excluding carboxylic acids is 1. The molecular weight excluding hydrogens is 208 g/mol. The molecule has 1 aliphatic heterocycles. The molecule has 2 atom stereocenters. The summed E-state index contributed by atoms with van der Waals surface area (Å²) in [7, 11) is 1.94. The second-order valence-electron chi connectivity index (χ2n) is 4.40. The van der Waals surface area contributed by atoms with Gasteiger partial charge in [-0.25, -0.2) is 0 Å². The molecule has 0 aromatic heterocycles. The number of nitrogens with two attached hydrogens (primary N) is 1. The van der Waals surface area contributed by atoms with Gasteiger partial charge in [0.05, 0.1) is 0 Å². The lowest BCUT2D eigenvalue weighted by Gasteiger charge is -2.24. The minimum atomic E-state index is 0.280. The molecule has 1 rings (SSSR count). The third kappa shape index (κ3) is 4.03. The van der Waals surface area contributed by atoms with E-state index in [1.807, 2.05) is 23.7 Å². The van der Waals surface area contributed by atoms with Crippen molar-refractivity contribution in [2.24, 2.45) is 11.7 Å². The monoisotopic (exact) mass is 230 g/mol. The maximum absolute atomic E-state index is 11.8. The van der Waals surface area contributed by atoms with Crippen molar-refractivity contribution in [3.63, 3.8) is 0 Å². The van der Waals surface area contributed by atoms with Gasteiger partial charge >= 0.3 is 0 Å². The summed E-state index contributed by atoms with van der Waals surface area (Å²) in [6.07, 6.45) is 2.72. The molecule has 0 aliphatic carbocycles. The second-order valence-corrected chi connectivity index (χ2v) is 5.55. The Morgan fingerprint density at radius 2 is 2.40 bits per heavy atom. The topological polar surface area (TPSA) is 46.3 Å². The summed E-state index contributed by atoms with van der Waals surface area (Å²) in [5.74, 6) is 3.04. The number of thioether (sulfide) groups is 1. The Morgan fingerprint density at radius 3 is 2.93 bits per heavy atom. The van der Waals surface area contributed by atoms with Crippen molar-refractivity contribution < 1.29 is 4.79 Å². The molecule has 1 amide bonds. The molecule has 4 heteroatoms. The summed E-state index contributed by atoms with van der Waals surface area (Å²) in [5.41, 5.74) is 5.53. The van der Waals surface area contributed by atoms with Crippen molar-refractivity contribution in [2.45, 2.75) is 32.2 Å². The largest absolute Gasteiger partial charge is 0.342 e. The molecule has 1 fully saturated rings. The van der Waals surface area contributed by atoms with Crippen molar-refractivity contribution in [3.8, 4) is 0 Å². The molecule has 2 N–H and O–H groups in total. The van der Waals surface area contributed by atoms with Crippen LogP contribution in [0.3, 0.4) is 0 Å². The lowest BCUT2D eigenvalue weighted by atomic mass is 10.1. The Labute approximate surface area is 96.8 Å². The molecule has 0 saturated carbocycles. The predicted octanol–water partition coefficient (Wildman–Crippen LogP) is 1.33. The van der Waals surface area contributed by atoms with E-state index in [9.17, 15) is 4.79 Å². The first kappa shape index (κ1) is 12.8. The predicted molar refractivity (Wildman–Crippen MR) is 66.0 cm³/mol. The third-order valence-electron chi connectivity index (χ3n) is 3.10. The summed E-state index contributed by atoms with van der Waals surface area (Å²) < 4.78 is 0. The van der Waals surface area contributed by atoms with Crippen LogP contribution in [0.1, 0.15) is 26.2 Å². The Morgan fingerprint density at radius 1 is 1.67 bits per heavy atom. The molecule has 0 radical (unpaired) electrons. The van der Waals surface area contributed by atoms with Crippen LogP contribution in [0.2, 0.25) is 0 Å². The van der Waals surface area contributed by atoms with Gasteiger partial charge in [0.15, 0.2) is 0 Å². The Kier molecular flexibility index (Phi) is 5.47. The summed E-state index contributed by atoms with van der Waals surface area (Å²) >= 11 is 1.94. The quantitative estimate of drug-likeness (QED) is 0.775. The zero-order chi connectivity index (χ0) is 11.3. The molecule has 1 aliphatic rings. The number of rotatable bonds is 5. The van der Waals surface area contributed by atoms with Gasteiger partial charge in [-0.15, -0.1) is 0 Å². The molecule has 2 unspecified atom stereocenters. The molecular formula is C11H22N2OS. The number of hydrogen-bond donors (Lipinski definition) is 1. The fraction of sp³-hybridized carbons (Fsp3) is 0.909. The molecule has 1 saturated heterocycles. The highest BCUT2D eigenvalue weighted by atomic mass is 32.2. The van der Waals surface area contributed by atoms with Crippen LogP contribution in [0, 0.1) is 5.92 Å². The Bertz CT molecular complexity index is 205. The molecule has 0 bridgehead atoms. The van der Waals surface area contributed by atoms with Crippen molar-refractivity contribution in [1.82, 2.24) is 4.90 Å². The highest BCUT2D eigenvalue weighted by Gasteiger charge is 2.23. The summed E-state index contributed by atoms with van der Waals surface area (Å²) in [6.45, 7) is 2.77. The van der Waals surface area contributed by atoms with Gasteiger partial charge in [-0.1, -0.05) is 6.92 Å². The van der Waals surface area contributed by atoms with Crippen LogP contribution in [0.25, 0.3) is 0 Å². The highest BCUT2D eigenvalue weighted by molar-refractivity contribution is 7.99. The van der Waals surface area contributed by atoms with E-state index in [0.29, 0.717) is 24.9 Å². The molecule has 0 aromatic carbocycles. The fourth-order valence-corrected chi connectivity index (χ4v) is 2.96. The second kappa shape index (κ2) is 6.38. The van der Waals surface area contributed by atoms with Crippen LogP contribution in [0.15, 0.2) is 0 Å². The Hall–Kier alpha value is -0.220. The minimum absolute atomic E-state index is 0.280. The van der Waals surface area contributed by atoms with E-state index < -0.39 is 0 Å². The molecule has 88 valence electrons. The van der Waals surface area contributed by atoms with Crippen LogP contribution in [0.5, 0.6) is 0 Å². The van der Waals surface area contributed by atoms with Crippen LogP contribution in [-0.4, -0.2) is 41.9 Å². The lowest BCUT2D eigenvalue weighted by molar-refractivity contribution is -0.131. The van der Waals surface area contributed by atoms with Crippen molar-refractivity contribution in [1.29, 1.82) is 0 Å². The van der Waals surface area contributed by atoms with Gasteiger partial charge in [0, 0.05) is 25.3 Å². The first-order valence-corrected chi connectivity index (χ1v) is 6.84. The van der Waals surface area contributed by atoms with Gasteiger partial charge in [-0.05, 0) is 31.1 Å². The molecule has 3 nitrogen and oxygen atoms in total. The number of hydrogen-bond acceptors (Lipinski definition) is 3. The normalized spacial score (nSPS) is 22.7. The number of amides is 1. The molecule has 15 heavy (non-hydrogen) atoms. The van der Waals surface area contributed by atoms with E-state index >= 15 is 0 Å². The van der Waals surface area contributed by atoms with E-state index in [1.54, 1.807) is 0 Å². The maximum atomic E-state index is 11.8. The van der Waals surface area contributed by atoms with Crippen LogP contribution < -0.4 is 5.73 Å². The van der Waals surface area contributed by atoms with Gasteiger partial charge in [0.2, 0.25) is 5.91 Å². The number of nitrogens with zero attached hydrogens (tertiary/aromatic N) is 1. The van der Waals surface area contributed by atoms with Crippen LogP contribution in [0.4, 0.5) is 0 Å². The molecule has 0 spiro atoms. The van der Waals surface area contributed by atoms with E-state index in [4.69, 9.17) is 5.73 Å². The van der Waals surface area contributed by atoms with Gasteiger partial charge in [-0.2, -0.15) is 11.8 Å². The van der Waals surface area contributed by atoms with Gasteiger partial charge < -0.3 is 10.6 Å². The van der Waals surface area contributed by atoms with E-state index in [-0.39, 0.29) is 5.91 Å². The zero-order valence-corrected chi connectivity index (χ0v) is 10.6. The number of carbonyl (C=O) groups is 1. The molecule has 0 aromatic rings. The third-order valence-corrected chi connectivity index (χ3v) is 4.24. The minimum Gasteiger partial charge on any atom is -0.342 e. The van der Waals surface area contributed by atoms with E-state index in [0.717, 1.165) is 18.6 Å². The van der Waals surface area contributed by atoms with Gasteiger partial charge in [-0.3, -0.25) is 4.79 Å². The Balaban J connectivity index is 2.26. The standard InChI is InChI=1S/C11H22N2OS/c1-9(7-12)3-4-11(14)13(2)10-5-6-15-8-10/h9-10H,3-8,12H2,1-2H3. The smallest absolute Gasteiger partial charge is 0.222 e. The average molecular weight is 230 g/mol.